The van der Waals surface area contributed by atoms with E-state index in [4.69, 9.17) is 0 Å². The minimum Gasteiger partial charge on any atom is -0.311 e. The third-order valence-corrected chi connectivity index (χ3v) is 3.86. The van der Waals surface area contributed by atoms with Crippen LogP contribution in [0.2, 0.25) is 0 Å². The molecule has 1 aromatic heterocycles. The van der Waals surface area contributed by atoms with Gasteiger partial charge in [0, 0.05) is 22.1 Å². The fourth-order valence-electron chi connectivity index (χ4n) is 1.47. The second-order valence-corrected chi connectivity index (χ2v) is 5.31. The van der Waals surface area contributed by atoms with Crippen molar-refractivity contribution >= 4 is 27.3 Å². The Labute approximate surface area is 108 Å². The molecule has 0 spiro atoms. The average Bonchev–Trinajstić information content (AvgIpc) is 2.79. The van der Waals surface area contributed by atoms with E-state index in [1.165, 1.54) is 14.9 Å². The van der Waals surface area contributed by atoms with Crippen molar-refractivity contribution < 1.29 is 0 Å². The van der Waals surface area contributed by atoms with Gasteiger partial charge in [0.05, 0.1) is 5.51 Å². The van der Waals surface area contributed by atoms with Gasteiger partial charge >= 0.3 is 0 Å². The fraction of sp³-hybridized carbons (Fsp3) is 0.250. The molecule has 2 nitrogen and oxygen atoms in total. The molecular formula is C12H13BrN2S. The van der Waals surface area contributed by atoms with Crippen LogP contribution in [-0.4, -0.2) is 11.5 Å². The molecule has 4 heteroatoms. The van der Waals surface area contributed by atoms with Crippen molar-refractivity contribution in [1.82, 2.24) is 10.3 Å². The molecular weight excluding hydrogens is 284 g/mol. The lowest BCUT2D eigenvalue weighted by Crippen LogP contribution is -2.16. The van der Waals surface area contributed by atoms with Crippen LogP contribution in [0.3, 0.4) is 0 Å². The Kier molecular flexibility index (Phi) is 4.51. The molecule has 0 aliphatic carbocycles. The van der Waals surface area contributed by atoms with E-state index in [1.54, 1.807) is 11.3 Å². The fourth-order valence-corrected chi connectivity index (χ4v) is 2.51. The molecule has 0 unspecified atom stereocenters. The lowest BCUT2D eigenvalue weighted by atomic mass is 10.1. The van der Waals surface area contributed by atoms with Crippen LogP contribution < -0.4 is 5.32 Å². The summed E-state index contributed by atoms with van der Waals surface area (Å²) in [5, 5.41) is 3.41. The lowest BCUT2D eigenvalue weighted by Gasteiger charge is -2.05. The predicted molar refractivity (Wildman–Crippen MR) is 71.7 cm³/mol. The van der Waals surface area contributed by atoms with Crippen molar-refractivity contribution in [2.75, 3.05) is 6.54 Å². The van der Waals surface area contributed by atoms with Crippen molar-refractivity contribution in [2.45, 2.75) is 13.0 Å². The standard InChI is InChI=1S/C12H13BrN2S/c13-12-4-2-1-3-10(12)5-6-14-7-11-8-15-9-16-11/h1-4,8-9,14H,5-7H2. The highest BCUT2D eigenvalue weighted by Gasteiger charge is 1.98. The van der Waals surface area contributed by atoms with E-state index in [9.17, 15) is 0 Å². The topological polar surface area (TPSA) is 24.9 Å². The van der Waals surface area contributed by atoms with Crippen LogP contribution >= 0.6 is 27.3 Å². The molecule has 0 atom stereocenters. The zero-order chi connectivity index (χ0) is 11.2. The maximum absolute atomic E-state index is 4.04. The van der Waals surface area contributed by atoms with Crippen LogP contribution in [0.4, 0.5) is 0 Å². The maximum Gasteiger partial charge on any atom is 0.0794 e. The summed E-state index contributed by atoms with van der Waals surface area (Å²) in [6, 6.07) is 8.35. The van der Waals surface area contributed by atoms with Gasteiger partial charge in [-0.1, -0.05) is 34.1 Å². The Morgan fingerprint density at radius 2 is 2.19 bits per heavy atom. The van der Waals surface area contributed by atoms with Gasteiger partial charge in [-0.3, -0.25) is 4.98 Å². The molecule has 0 bridgehead atoms. The lowest BCUT2D eigenvalue weighted by molar-refractivity contribution is 0.692. The van der Waals surface area contributed by atoms with Crippen molar-refractivity contribution in [3.63, 3.8) is 0 Å². The molecule has 16 heavy (non-hydrogen) atoms. The van der Waals surface area contributed by atoms with E-state index in [2.05, 4.69) is 44.4 Å². The van der Waals surface area contributed by atoms with E-state index < -0.39 is 0 Å². The highest BCUT2D eigenvalue weighted by atomic mass is 79.9. The van der Waals surface area contributed by atoms with E-state index >= 15 is 0 Å². The van der Waals surface area contributed by atoms with E-state index in [1.807, 2.05) is 17.8 Å². The van der Waals surface area contributed by atoms with Gasteiger partial charge in [0.2, 0.25) is 0 Å². The van der Waals surface area contributed by atoms with Gasteiger partial charge in [-0.15, -0.1) is 11.3 Å². The number of thiazole rings is 1. The van der Waals surface area contributed by atoms with Gasteiger partial charge in [-0.05, 0) is 24.6 Å². The Balaban J connectivity index is 1.74. The third-order valence-electron chi connectivity index (χ3n) is 2.31. The Bertz CT molecular complexity index is 428. The zero-order valence-electron chi connectivity index (χ0n) is 8.82. The molecule has 0 aliphatic rings. The quantitative estimate of drug-likeness (QED) is 0.857. The smallest absolute Gasteiger partial charge is 0.0794 e. The number of rotatable bonds is 5. The van der Waals surface area contributed by atoms with Gasteiger partial charge in [-0.25, -0.2) is 0 Å². The van der Waals surface area contributed by atoms with Crippen molar-refractivity contribution in [1.29, 1.82) is 0 Å². The van der Waals surface area contributed by atoms with Gasteiger partial charge in [0.25, 0.3) is 0 Å². The molecule has 0 fully saturated rings. The summed E-state index contributed by atoms with van der Waals surface area (Å²) in [5.74, 6) is 0. The monoisotopic (exact) mass is 296 g/mol. The SMILES string of the molecule is Brc1ccccc1CCNCc1cncs1. The molecule has 0 amide bonds. The van der Waals surface area contributed by atoms with Crippen molar-refractivity contribution in [2.24, 2.45) is 0 Å². The molecule has 1 N–H and O–H groups in total. The first-order valence-corrected chi connectivity index (χ1v) is 6.85. The molecule has 1 aromatic carbocycles. The highest BCUT2D eigenvalue weighted by Crippen LogP contribution is 2.15. The van der Waals surface area contributed by atoms with Crippen molar-refractivity contribution in [3.8, 4) is 0 Å². The van der Waals surface area contributed by atoms with Crippen LogP contribution in [0.25, 0.3) is 0 Å². The van der Waals surface area contributed by atoms with Crippen LogP contribution in [0, 0.1) is 0 Å². The molecule has 2 aromatic rings. The zero-order valence-corrected chi connectivity index (χ0v) is 11.2. The summed E-state index contributed by atoms with van der Waals surface area (Å²) < 4.78 is 1.19. The Hall–Kier alpha value is -0.710. The Morgan fingerprint density at radius 1 is 1.31 bits per heavy atom. The van der Waals surface area contributed by atoms with Crippen molar-refractivity contribution in [3.05, 3.63) is 50.9 Å². The second kappa shape index (κ2) is 6.13. The normalized spacial score (nSPS) is 10.6. The first-order chi connectivity index (χ1) is 7.86. The minimum absolute atomic E-state index is 0.912. The molecule has 2 rings (SSSR count). The third kappa shape index (κ3) is 3.40. The van der Waals surface area contributed by atoms with E-state index in [0.29, 0.717) is 0 Å². The number of nitrogens with zero attached hydrogens (tertiary/aromatic N) is 1. The number of halogens is 1. The van der Waals surface area contributed by atoms with Crippen LogP contribution in [0.15, 0.2) is 40.4 Å². The number of nitrogens with one attached hydrogen (secondary N) is 1. The predicted octanol–water partition coefficient (Wildman–Crippen LogP) is 3.24. The molecule has 0 radical (unpaired) electrons. The first kappa shape index (κ1) is 11.8. The molecule has 0 saturated carbocycles. The van der Waals surface area contributed by atoms with Gasteiger partial charge in [-0.2, -0.15) is 0 Å². The van der Waals surface area contributed by atoms with Gasteiger partial charge in [0.1, 0.15) is 0 Å². The summed E-state index contributed by atoms with van der Waals surface area (Å²) >= 11 is 5.24. The Morgan fingerprint density at radius 3 is 2.94 bits per heavy atom. The van der Waals surface area contributed by atoms with Crippen LogP contribution in [0.1, 0.15) is 10.4 Å². The summed E-state index contributed by atoms with van der Waals surface area (Å²) in [6.45, 7) is 1.90. The van der Waals surface area contributed by atoms with Gasteiger partial charge in [0.15, 0.2) is 0 Å². The molecule has 84 valence electrons. The highest BCUT2D eigenvalue weighted by molar-refractivity contribution is 9.10. The molecule has 0 saturated heterocycles. The maximum atomic E-state index is 4.04. The minimum atomic E-state index is 0.912. The number of aromatic nitrogens is 1. The largest absolute Gasteiger partial charge is 0.311 e. The van der Waals surface area contributed by atoms with Crippen LogP contribution in [-0.2, 0) is 13.0 Å². The molecule has 0 aliphatic heterocycles. The van der Waals surface area contributed by atoms with Gasteiger partial charge < -0.3 is 5.32 Å². The number of benzene rings is 1. The van der Waals surface area contributed by atoms with Crippen LogP contribution in [0.5, 0.6) is 0 Å². The van der Waals surface area contributed by atoms with E-state index in [0.717, 1.165) is 19.5 Å². The summed E-state index contributed by atoms with van der Waals surface area (Å²) in [7, 11) is 0. The number of hydrogen-bond donors (Lipinski definition) is 1. The first-order valence-electron chi connectivity index (χ1n) is 5.18. The summed E-state index contributed by atoms with van der Waals surface area (Å²) in [6.07, 6.45) is 2.95. The summed E-state index contributed by atoms with van der Waals surface area (Å²) in [5.41, 5.74) is 3.21. The number of hydrogen-bond acceptors (Lipinski definition) is 3. The average molecular weight is 297 g/mol. The summed E-state index contributed by atoms with van der Waals surface area (Å²) in [4.78, 5) is 5.33. The molecule has 1 heterocycles. The van der Waals surface area contributed by atoms with E-state index in [-0.39, 0.29) is 0 Å². The second-order valence-electron chi connectivity index (χ2n) is 3.49.